The molecule has 0 radical (unpaired) electrons. The normalized spacial score (nSPS) is 18.8. The van der Waals surface area contributed by atoms with Crippen molar-refractivity contribution in [2.45, 2.75) is 40.0 Å². The Hall–Kier alpha value is -3.79. The van der Waals surface area contributed by atoms with E-state index in [0.29, 0.717) is 17.3 Å². The Kier molecular flexibility index (Phi) is 7.16. The van der Waals surface area contributed by atoms with Crippen molar-refractivity contribution in [3.05, 3.63) is 91.7 Å². The van der Waals surface area contributed by atoms with Crippen LogP contribution in [-0.2, 0) is 4.79 Å². The first-order chi connectivity index (χ1) is 15.3. The lowest BCUT2D eigenvalue weighted by atomic mass is 9.73. The van der Waals surface area contributed by atoms with E-state index in [1.54, 1.807) is 24.3 Å². The number of allylic oxidation sites excluding steroid dienone is 2. The Bertz CT molecular complexity index is 1060. The Morgan fingerprint density at radius 3 is 1.59 bits per heavy atom. The topological polar surface area (TPSA) is 115 Å². The van der Waals surface area contributed by atoms with Crippen molar-refractivity contribution in [1.29, 1.82) is 0 Å². The minimum Gasteiger partial charge on any atom is -0.289 e. The number of rotatable bonds is 5. The molecule has 162 valence electrons. The third-order valence-corrected chi connectivity index (χ3v) is 5.29. The highest BCUT2D eigenvalue weighted by atomic mass is 16.1. The van der Waals surface area contributed by atoms with Crippen LogP contribution in [-0.4, -0.2) is 5.78 Å². The Morgan fingerprint density at radius 1 is 0.844 bits per heavy atom. The number of carbonyl (C=O) groups excluding carboxylic acids is 1. The van der Waals surface area contributed by atoms with Crippen molar-refractivity contribution in [3.63, 3.8) is 0 Å². The molecule has 1 aliphatic carbocycles. The van der Waals surface area contributed by atoms with Crippen LogP contribution in [0.1, 0.15) is 51.2 Å². The molecule has 0 aliphatic heterocycles. The smallest absolute Gasteiger partial charge is 0.185 e. The minimum absolute atomic E-state index is 0.0633. The van der Waals surface area contributed by atoms with Gasteiger partial charge in [0.05, 0.1) is 0 Å². The molecule has 7 heteroatoms. The van der Waals surface area contributed by atoms with Crippen molar-refractivity contribution < 1.29 is 4.79 Å². The van der Waals surface area contributed by atoms with E-state index >= 15 is 0 Å². The molecule has 0 N–H and O–H groups in total. The van der Waals surface area contributed by atoms with Crippen LogP contribution in [0.3, 0.4) is 0 Å². The second-order valence-corrected chi connectivity index (χ2v) is 9.27. The van der Waals surface area contributed by atoms with Crippen LogP contribution in [0.4, 0.5) is 11.4 Å². The zero-order chi connectivity index (χ0) is 23.1. The largest absolute Gasteiger partial charge is 0.289 e. The number of hydrogen-bond donors (Lipinski definition) is 0. The Morgan fingerprint density at radius 2 is 1.25 bits per heavy atom. The summed E-state index contributed by atoms with van der Waals surface area (Å²) in [5, 5.41) is 7.19. The SMILES string of the molecule is CC(C)(C)CC1C/C(=C/c2ccc(N=[N+]=[N-])cc2)C(=O)/C(=C/c2ccc(N=[N+]=[N-])cc2)C1. The number of carbonyl (C=O) groups is 1. The molecule has 32 heavy (non-hydrogen) atoms. The fourth-order valence-electron chi connectivity index (χ4n) is 4.13. The predicted molar refractivity (Wildman–Crippen MR) is 128 cm³/mol. The highest BCUT2D eigenvalue weighted by Gasteiger charge is 2.30. The van der Waals surface area contributed by atoms with Gasteiger partial charge in [-0.2, -0.15) is 0 Å². The molecule has 1 saturated carbocycles. The molecule has 1 atom stereocenters. The third kappa shape index (κ3) is 6.35. The molecule has 1 aliphatic rings. The number of Topliss-reactive ketones (excluding diaryl/α,β-unsaturated/α-hetero) is 1. The molecule has 0 heterocycles. The molecule has 2 aromatic rings. The Balaban J connectivity index is 1.94. The van der Waals surface area contributed by atoms with Gasteiger partial charge >= 0.3 is 0 Å². The fourth-order valence-corrected chi connectivity index (χ4v) is 4.13. The van der Waals surface area contributed by atoms with Gasteiger partial charge in [0.2, 0.25) is 0 Å². The summed E-state index contributed by atoms with van der Waals surface area (Å²) in [7, 11) is 0. The zero-order valence-corrected chi connectivity index (χ0v) is 18.6. The number of azide groups is 2. The van der Waals surface area contributed by atoms with Crippen molar-refractivity contribution in [1.82, 2.24) is 0 Å². The maximum absolute atomic E-state index is 13.3. The van der Waals surface area contributed by atoms with Gasteiger partial charge in [-0.25, -0.2) is 0 Å². The lowest BCUT2D eigenvalue weighted by molar-refractivity contribution is -0.113. The van der Waals surface area contributed by atoms with Crippen LogP contribution in [0.25, 0.3) is 33.0 Å². The van der Waals surface area contributed by atoms with E-state index in [2.05, 4.69) is 40.8 Å². The van der Waals surface area contributed by atoms with Gasteiger partial charge in [-0.15, -0.1) is 0 Å². The summed E-state index contributed by atoms with van der Waals surface area (Å²) in [4.78, 5) is 18.9. The number of hydrogen-bond acceptors (Lipinski definition) is 3. The van der Waals surface area contributed by atoms with Gasteiger partial charge < -0.3 is 0 Å². The molecule has 0 aromatic heterocycles. The first-order valence-corrected chi connectivity index (χ1v) is 10.5. The van der Waals surface area contributed by atoms with Gasteiger partial charge in [-0.1, -0.05) is 79.5 Å². The van der Waals surface area contributed by atoms with Gasteiger partial charge in [-0.05, 0) is 64.9 Å². The van der Waals surface area contributed by atoms with Crippen LogP contribution in [0.5, 0.6) is 0 Å². The number of ketones is 1. The van der Waals surface area contributed by atoms with Gasteiger partial charge in [0.15, 0.2) is 5.78 Å². The monoisotopic (exact) mass is 426 g/mol. The molecule has 2 aromatic carbocycles. The average Bonchev–Trinajstić information content (AvgIpc) is 2.73. The fraction of sp³-hybridized carbons (Fsp3) is 0.320. The molecule has 0 saturated heterocycles. The first-order valence-electron chi connectivity index (χ1n) is 10.5. The molecular formula is C25H26N6O. The lowest BCUT2D eigenvalue weighted by Crippen LogP contribution is -2.23. The van der Waals surface area contributed by atoms with Gasteiger partial charge in [-0.3, -0.25) is 4.79 Å². The number of nitrogens with zero attached hydrogens (tertiary/aromatic N) is 6. The molecule has 0 amide bonds. The second-order valence-electron chi connectivity index (χ2n) is 9.27. The highest BCUT2D eigenvalue weighted by Crippen LogP contribution is 2.39. The first kappa shape index (κ1) is 22.9. The summed E-state index contributed by atoms with van der Waals surface area (Å²) in [5.41, 5.74) is 21.8. The van der Waals surface area contributed by atoms with E-state index in [-0.39, 0.29) is 11.2 Å². The summed E-state index contributed by atoms with van der Waals surface area (Å²) in [5.74, 6) is 0.434. The zero-order valence-electron chi connectivity index (χ0n) is 18.6. The van der Waals surface area contributed by atoms with E-state index < -0.39 is 0 Å². The van der Waals surface area contributed by atoms with Gasteiger partial charge in [0, 0.05) is 32.3 Å². The number of benzene rings is 2. The third-order valence-electron chi connectivity index (χ3n) is 5.29. The van der Waals surface area contributed by atoms with Crippen molar-refractivity contribution in [2.24, 2.45) is 21.6 Å². The van der Waals surface area contributed by atoms with Crippen molar-refractivity contribution in [2.75, 3.05) is 0 Å². The van der Waals surface area contributed by atoms with E-state index in [1.165, 1.54) is 0 Å². The van der Waals surface area contributed by atoms with Crippen LogP contribution < -0.4 is 0 Å². The van der Waals surface area contributed by atoms with E-state index in [1.807, 2.05) is 36.4 Å². The van der Waals surface area contributed by atoms with Crippen LogP contribution in [0.15, 0.2) is 69.9 Å². The van der Waals surface area contributed by atoms with E-state index in [0.717, 1.165) is 41.5 Å². The summed E-state index contributed by atoms with van der Waals surface area (Å²) < 4.78 is 0. The molecule has 1 fully saturated rings. The summed E-state index contributed by atoms with van der Waals surface area (Å²) in [6.45, 7) is 6.66. The standard InChI is InChI=1S/C25H26N6O/c1-25(2,3)16-19-14-20(12-17-4-8-22(9-5-17)28-30-26)24(32)21(15-19)13-18-6-10-23(11-7-18)29-31-27/h4-13,19H,14-16H2,1-3H3/b20-12-,21-13+. The Labute approximate surface area is 187 Å². The molecular weight excluding hydrogens is 400 g/mol. The maximum atomic E-state index is 13.3. The lowest BCUT2D eigenvalue weighted by Gasteiger charge is -2.31. The van der Waals surface area contributed by atoms with Gasteiger partial charge in [0.1, 0.15) is 0 Å². The van der Waals surface area contributed by atoms with Gasteiger partial charge in [0.25, 0.3) is 0 Å². The molecule has 3 rings (SSSR count). The predicted octanol–water partition coefficient (Wildman–Crippen LogP) is 8.45. The van der Waals surface area contributed by atoms with Crippen LogP contribution >= 0.6 is 0 Å². The molecule has 1 unspecified atom stereocenters. The van der Waals surface area contributed by atoms with Crippen LogP contribution in [0.2, 0.25) is 0 Å². The molecule has 7 nitrogen and oxygen atoms in total. The molecule has 0 spiro atoms. The summed E-state index contributed by atoms with van der Waals surface area (Å²) in [6, 6.07) is 14.4. The minimum atomic E-state index is 0.0633. The molecule has 0 bridgehead atoms. The van der Waals surface area contributed by atoms with Crippen molar-refractivity contribution >= 4 is 29.3 Å². The maximum Gasteiger partial charge on any atom is 0.185 e. The van der Waals surface area contributed by atoms with Crippen LogP contribution in [0, 0.1) is 11.3 Å². The summed E-state index contributed by atoms with van der Waals surface area (Å²) in [6.07, 6.45) is 6.37. The summed E-state index contributed by atoms with van der Waals surface area (Å²) >= 11 is 0. The second kappa shape index (κ2) is 10.0. The van der Waals surface area contributed by atoms with E-state index in [9.17, 15) is 4.79 Å². The average molecular weight is 427 g/mol. The van der Waals surface area contributed by atoms with E-state index in [4.69, 9.17) is 11.1 Å². The highest BCUT2D eigenvalue weighted by molar-refractivity contribution is 6.14. The van der Waals surface area contributed by atoms with Crippen molar-refractivity contribution in [3.8, 4) is 0 Å². The quantitative estimate of drug-likeness (QED) is 0.203.